The van der Waals surface area contributed by atoms with Gasteiger partial charge >= 0.3 is 5.97 Å². The van der Waals surface area contributed by atoms with Crippen LogP contribution in [-0.4, -0.2) is 38.4 Å². The highest BCUT2D eigenvalue weighted by molar-refractivity contribution is 5.85. The van der Waals surface area contributed by atoms with E-state index in [0.29, 0.717) is 38.4 Å². The maximum absolute atomic E-state index is 12.3. The van der Waals surface area contributed by atoms with Crippen LogP contribution in [0.4, 0.5) is 5.69 Å². The van der Waals surface area contributed by atoms with E-state index < -0.39 is 5.54 Å². The molecule has 1 aliphatic heterocycles. The fourth-order valence-corrected chi connectivity index (χ4v) is 2.37. The van der Waals surface area contributed by atoms with Gasteiger partial charge in [0, 0.05) is 26.1 Å². The van der Waals surface area contributed by atoms with Crippen LogP contribution >= 0.6 is 0 Å². The van der Waals surface area contributed by atoms with Crippen molar-refractivity contribution in [2.24, 2.45) is 0 Å². The third kappa shape index (κ3) is 3.04. The van der Waals surface area contributed by atoms with Crippen molar-refractivity contribution in [3.05, 3.63) is 24.3 Å². The van der Waals surface area contributed by atoms with E-state index in [-0.39, 0.29) is 5.97 Å². The van der Waals surface area contributed by atoms with Crippen LogP contribution in [0.1, 0.15) is 19.8 Å². The highest BCUT2D eigenvalue weighted by atomic mass is 16.5. The maximum atomic E-state index is 12.3. The fraction of sp³-hybridized carbons (Fsp3) is 0.533. The van der Waals surface area contributed by atoms with E-state index in [4.69, 9.17) is 14.2 Å². The number of hydrogen-bond donors (Lipinski definition) is 1. The molecular formula is C15H21NO4. The van der Waals surface area contributed by atoms with E-state index >= 15 is 0 Å². The van der Waals surface area contributed by atoms with Crippen molar-refractivity contribution in [1.82, 2.24) is 0 Å². The number of anilines is 1. The molecule has 0 spiro atoms. The van der Waals surface area contributed by atoms with E-state index in [9.17, 15) is 4.79 Å². The number of ether oxygens (including phenoxy) is 3. The molecule has 0 aromatic heterocycles. The summed E-state index contributed by atoms with van der Waals surface area (Å²) >= 11 is 0. The number of para-hydroxylation sites is 2. The van der Waals surface area contributed by atoms with Crippen LogP contribution in [0.25, 0.3) is 0 Å². The standard InChI is InChI=1S/C15H21NO4/c1-3-20-14(17)15(8-10-19-11-9-15)16-12-6-4-5-7-13(12)18-2/h4-7,16H,3,8-11H2,1-2H3. The molecule has 2 rings (SSSR count). The highest BCUT2D eigenvalue weighted by Gasteiger charge is 2.42. The number of esters is 1. The van der Waals surface area contributed by atoms with Crippen LogP contribution in [0.3, 0.4) is 0 Å². The van der Waals surface area contributed by atoms with Crippen molar-refractivity contribution in [3.8, 4) is 5.75 Å². The van der Waals surface area contributed by atoms with Crippen LogP contribution in [-0.2, 0) is 14.3 Å². The molecular weight excluding hydrogens is 258 g/mol. The summed E-state index contributed by atoms with van der Waals surface area (Å²) in [4.78, 5) is 12.3. The zero-order valence-corrected chi connectivity index (χ0v) is 12.0. The summed E-state index contributed by atoms with van der Waals surface area (Å²) in [6.45, 7) is 3.27. The molecule has 1 heterocycles. The average Bonchev–Trinajstić information content (AvgIpc) is 2.49. The van der Waals surface area contributed by atoms with Gasteiger partial charge in [-0.25, -0.2) is 4.79 Å². The van der Waals surface area contributed by atoms with Crippen molar-refractivity contribution >= 4 is 11.7 Å². The summed E-state index contributed by atoms with van der Waals surface area (Å²) in [6, 6.07) is 7.56. The lowest BCUT2D eigenvalue weighted by molar-refractivity contribution is -0.152. The summed E-state index contributed by atoms with van der Waals surface area (Å²) in [6.07, 6.45) is 1.17. The van der Waals surface area contributed by atoms with E-state index in [1.165, 1.54) is 0 Å². The number of rotatable bonds is 5. The Morgan fingerprint density at radius 1 is 1.35 bits per heavy atom. The van der Waals surface area contributed by atoms with Crippen molar-refractivity contribution < 1.29 is 19.0 Å². The minimum atomic E-state index is -0.733. The lowest BCUT2D eigenvalue weighted by Crippen LogP contribution is -2.51. The normalized spacial score (nSPS) is 17.3. The Balaban J connectivity index is 2.25. The lowest BCUT2D eigenvalue weighted by atomic mass is 9.89. The maximum Gasteiger partial charge on any atom is 0.331 e. The van der Waals surface area contributed by atoms with E-state index in [1.807, 2.05) is 31.2 Å². The van der Waals surface area contributed by atoms with Crippen molar-refractivity contribution in [2.75, 3.05) is 32.2 Å². The van der Waals surface area contributed by atoms with Gasteiger partial charge in [0.05, 0.1) is 19.4 Å². The predicted molar refractivity (Wildman–Crippen MR) is 76.0 cm³/mol. The molecule has 0 saturated carbocycles. The molecule has 5 heteroatoms. The molecule has 1 aromatic rings. The van der Waals surface area contributed by atoms with Gasteiger partial charge in [-0.2, -0.15) is 0 Å². The third-order valence-electron chi connectivity index (χ3n) is 3.49. The van der Waals surface area contributed by atoms with Gasteiger partial charge in [0.25, 0.3) is 0 Å². The van der Waals surface area contributed by atoms with Gasteiger partial charge in [-0.05, 0) is 19.1 Å². The lowest BCUT2D eigenvalue weighted by Gasteiger charge is -2.36. The SMILES string of the molecule is CCOC(=O)C1(Nc2ccccc2OC)CCOCC1. The smallest absolute Gasteiger partial charge is 0.331 e. The summed E-state index contributed by atoms with van der Waals surface area (Å²) in [5, 5.41) is 3.32. The predicted octanol–water partition coefficient (Wildman–Crippen LogP) is 2.22. The minimum Gasteiger partial charge on any atom is -0.495 e. The van der Waals surface area contributed by atoms with Crippen molar-refractivity contribution in [2.45, 2.75) is 25.3 Å². The number of methoxy groups -OCH3 is 1. The number of carbonyl (C=O) groups is 1. The second-order valence-corrected chi connectivity index (χ2v) is 4.74. The van der Waals surface area contributed by atoms with Gasteiger partial charge in [0.1, 0.15) is 11.3 Å². The number of nitrogens with one attached hydrogen (secondary N) is 1. The number of carbonyl (C=O) groups excluding carboxylic acids is 1. The molecule has 0 unspecified atom stereocenters. The number of hydrogen-bond acceptors (Lipinski definition) is 5. The molecule has 0 radical (unpaired) electrons. The molecule has 0 bridgehead atoms. The first-order valence-corrected chi connectivity index (χ1v) is 6.88. The van der Waals surface area contributed by atoms with Gasteiger partial charge in [-0.3, -0.25) is 0 Å². The van der Waals surface area contributed by atoms with E-state index in [2.05, 4.69) is 5.32 Å². The topological polar surface area (TPSA) is 56.8 Å². The highest BCUT2D eigenvalue weighted by Crippen LogP contribution is 2.32. The third-order valence-corrected chi connectivity index (χ3v) is 3.49. The van der Waals surface area contributed by atoms with E-state index in [1.54, 1.807) is 7.11 Å². The molecule has 110 valence electrons. The summed E-state index contributed by atoms with van der Waals surface area (Å²) < 4.78 is 15.9. The summed E-state index contributed by atoms with van der Waals surface area (Å²) in [5.41, 5.74) is 0.0630. The van der Waals surface area contributed by atoms with Gasteiger partial charge in [0.2, 0.25) is 0 Å². The van der Waals surface area contributed by atoms with Crippen LogP contribution < -0.4 is 10.1 Å². The number of benzene rings is 1. The first-order valence-electron chi connectivity index (χ1n) is 6.88. The Bertz CT molecular complexity index is 455. The van der Waals surface area contributed by atoms with Crippen LogP contribution in [0, 0.1) is 0 Å². The molecule has 1 fully saturated rings. The molecule has 1 aliphatic rings. The molecule has 1 aromatic carbocycles. The first kappa shape index (κ1) is 14.7. The summed E-state index contributed by atoms with van der Waals surface area (Å²) in [7, 11) is 1.61. The Morgan fingerprint density at radius 2 is 2.05 bits per heavy atom. The fourth-order valence-electron chi connectivity index (χ4n) is 2.37. The quantitative estimate of drug-likeness (QED) is 0.838. The second-order valence-electron chi connectivity index (χ2n) is 4.74. The Hall–Kier alpha value is -1.75. The average molecular weight is 279 g/mol. The summed E-state index contributed by atoms with van der Waals surface area (Å²) in [5.74, 6) is 0.483. The van der Waals surface area contributed by atoms with Crippen LogP contribution in [0.15, 0.2) is 24.3 Å². The molecule has 0 atom stereocenters. The minimum absolute atomic E-state index is 0.228. The van der Waals surface area contributed by atoms with Crippen molar-refractivity contribution in [3.63, 3.8) is 0 Å². The van der Waals surface area contributed by atoms with Crippen molar-refractivity contribution in [1.29, 1.82) is 0 Å². The zero-order valence-electron chi connectivity index (χ0n) is 12.0. The monoisotopic (exact) mass is 279 g/mol. The molecule has 5 nitrogen and oxygen atoms in total. The molecule has 1 N–H and O–H groups in total. The van der Waals surface area contributed by atoms with E-state index in [0.717, 1.165) is 5.69 Å². The molecule has 20 heavy (non-hydrogen) atoms. The van der Waals surface area contributed by atoms with Gasteiger partial charge < -0.3 is 19.5 Å². The van der Waals surface area contributed by atoms with Crippen LogP contribution in [0.5, 0.6) is 5.75 Å². The van der Waals surface area contributed by atoms with Crippen LogP contribution in [0.2, 0.25) is 0 Å². The Morgan fingerprint density at radius 3 is 2.70 bits per heavy atom. The zero-order chi connectivity index (χ0) is 14.4. The largest absolute Gasteiger partial charge is 0.495 e. The Labute approximate surface area is 119 Å². The Kier molecular flexibility index (Phi) is 4.84. The van der Waals surface area contributed by atoms with Gasteiger partial charge in [0.15, 0.2) is 0 Å². The molecule has 1 saturated heterocycles. The molecule has 0 aliphatic carbocycles. The second kappa shape index (κ2) is 6.61. The molecule has 0 amide bonds. The van der Waals surface area contributed by atoms with Gasteiger partial charge in [-0.1, -0.05) is 12.1 Å². The van der Waals surface area contributed by atoms with Gasteiger partial charge in [-0.15, -0.1) is 0 Å². The first-order chi connectivity index (χ1) is 9.72.